The van der Waals surface area contributed by atoms with E-state index in [1.165, 1.54) is 69.8 Å². The lowest BCUT2D eigenvalue weighted by molar-refractivity contribution is -0.148. The van der Waals surface area contributed by atoms with Gasteiger partial charge in [0, 0.05) is 34.3 Å². The molecule has 40 heavy (non-hydrogen) atoms. The topological polar surface area (TPSA) is 123 Å². The van der Waals surface area contributed by atoms with Crippen LogP contribution in [0.2, 0.25) is 10.0 Å². The number of sulfonamides is 1. The summed E-state index contributed by atoms with van der Waals surface area (Å²) in [5.41, 5.74) is -2.23. The molecule has 3 aromatic rings. The molecule has 2 unspecified atom stereocenters. The minimum Gasteiger partial charge on any atom is -0.493 e. The number of hydrogen-bond acceptors (Lipinski definition) is 8. The van der Waals surface area contributed by atoms with Gasteiger partial charge in [0.25, 0.3) is 15.9 Å². The Kier molecular flexibility index (Phi) is 8.23. The van der Waals surface area contributed by atoms with Gasteiger partial charge < -0.3 is 24.2 Å². The van der Waals surface area contributed by atoms with Crippen molar-refractivity contribution in [3.05, 3.63) is 81.8 Å². The molecule has 0 aliphatic carbocycles. The van der Waals surface area contributed by atoms with Gasteiger partial charge >= 0.3 is 5.97 Å². The van der Waals surface area contributed by atoms with E-state index in [0.717, 1.165) is 16.3 Å². The molecule has 10 nitrogen and oxygen atoms in total. The predicted molar refractivity (Wildman–Crippen MR) is 149 cm³/mol. The van der Waals surface area contributed by atoms with Crippen LogP contribution in [0.25, 0.3) is 0 Å². The highest BCUT2D eigenvalue weighted by Gasteiger charge is 2.60. The molecule has 212 valence electrons. The maximum absolute atomic E-state index is 14.4. The summed E-state index contributed by atoms with van der Waals surface area (Å²) in [4.78, 5) is 26.9. The molecule has 2 atom stereocenters. The lowest BCUT2D eigenvalue weighted by Gasteiger charge is -2.36. The number of carbonyl (C=O) groups excluding carboxylic acids is 2. The third-order valence-electron chi connectivity index (χ3n) is 6.64. The first kappa shape index (κ1) is 29.5. The molecule has 1 aliphatic heterocycles. The van der Waals surface area contributed by atoms with E-state index in [0.29, 0.717) is 0 Å². The van der Waals surface area contributed by atoms with Crippen molar-refractivity contribution in [2.75, 3.05) is 39.2 Å². The minimum absolute atomic E-state index is 0.00794. The predicted octanol–water partition coefficient (Wildman–Crippen LogP) is 3.46. The van der Waals surface area contributed by atoms with Gasteiger partial charge in [-0.3, -0.25) is 9.59 Å². The second-order valence-electron chi connectivity index (χ2n) is 8.90. The van der Waals surface area contributed by atoms with Crippen LogP contribution in [-0.2, 0) is 30.0 Å². The molecule has 0 fully saturated rings. The van der Waals surface area contributed by atoms with Gasteiger partial charge in [0.1, 0.15) is 12.1 Å². The van der Waals surface area contributed by atoms with Crippen molar-refractivity contribution in [3.63, 3.8) is 0 Å². The van der Waals surface area contributed by atoms with Crippen LogP contribution in [-0.4, -0.2) is 71.3 Å². The number of rotatable bonds is 8. The van der Waals surface area contributed by atoms with Crippen LogP contribution in [0, 0.1) is 0 Å². The van der Waals surface area contributed by atoms with Crippen molar-refractivity contribution < 1.29 is 37.3 Å². The van der Waals surface area contributed by atoms with E-state index in [1.807, 2.05) is 0 Å². The number of likely N-dealkylation sites (N-methyl/N-ethyl adjacent to an activating group) is 1. The Morgan fingerprint density at radius 3 is 2.27 bits per heavy atom. The van der Waals surface area contributed by atoms with Gasteiger partial charge in [-0.2, -0.15) is 0 Å². The summed E-state index contributed by atoms with van der Waals surface area (Å²) in [7, 11) is 0.619. The summed E-state index contributed by atoms with van der Waals surface area (Å²) in [6.45, 7) is -0.508. The van der Waals surface area contributed by atoms with Crippen LogP contribution in [0.1, 0.15) is 11.1 Å². The normalized spacial score (nSPS) is 18.2. The average Bonchev–Trinajstić information content (AvgIpc) is 3.21. The maximum Gasteiger partial charge on any atom is 0.325 e. The Hall–Kier alpha value is -3.51. The van der Waals surface area contributed by atoms with Crippen LogP contribution >= 0.6 is 23.2 Å². The number of amides is 1. The highest BCUT2D eigenvalue weighted by atomic mass is 35.5. The van der Waals surface area contributed by atoms with Gasteiger partial charge in [-0.1, -0.05) is 41.4 Å². The Morgan fingerprint density at radius 2 is 1.65 bits per heavy atom. The van der Waals surface area contributed by atoms with Gasteiger partial charge in [0.05, 0.1) is 31.9 Å². The minimum atomic E-state index is -4.59. The number of benzene rings is 3. The molecule has 1 heterocycles. The number of halogens is 2. The maximum atomic E-state index is 14.4. The molecule has 4 rings (SSSR count). The van der Waals surface area contributed by atoms with Crippen molar-refractivity contribution in [3.8, 4) is 11.5 Å². The van der Waals surface area contributed by atoms with E-state index in [-0.39, 0.29) is 43.3 Å². The highest BCUT2D eigenvalue weighted by Crippen LogP contribution is 2.52. The number of ether oxygens (including phenoxy) is 3. The first-order valence-corrected chi connectivity index (χ1v) is 14.0. The highest BCUT2D eigenvalue weighted by molar-refractivity contribution is 7.93. The third-order valence-corrected chi connectivity index (χ3v) is 8.98. The van der Waals surface area contributed by atoms with Crippen LogP contribution in [0.15, 0.2) is 65.6 Å². The average molecular weight is 609 g/mol. The molecule has 0 spiro atoms. The summed E-state index contributed by atoms with van der Waals surface area (Å²) >= 11 is 12.8. The molecule has 3 aromatic carbocycles. The smallest absolute Gasteiger partial charge is 0.325 e. The van der Waals surface area contributed by atoms with Crippen molar-refractivity contribution in [1.82, 2.24) is 4.90 Å². The molecule has 0 bridgehead atoms. The second kappa shape index (κ2) is 11.2. The first-order valence-electron chi connectivity index (χ1n) is 11.8. The molecule has 13 heteroatoms. The van der Waals surface area contributed by atoms with Crippen molar-refractivity contribution in [2.24, 2.45) is 0 Å². The van der Waals surface area contributed by atoms with Crippen LogP contribution < -0.4 is 13.8 Å². The van der Waals surface area contributed by atoms with Crippen LogP contribution in [0.3, 0.4) is 0 Å². The van der Waals surface area contributed by atoms with Gasteiger partial charge in [-0.15, -0.1) is 0 Å². The lowest BCUT2D eigenvalue weighted by atomic mass is 9.82. The monoisotopic (exact) mass is 608 g/mol. The van der Waals surface area contributed by atoms with Crippen molar-refractivity contribution >= 4 is 50.8 Å². The zero-order valence-corrected chi connectivity index (χ0v) is 24.2. The molecule has 1 aliphatic rings. The van der Waals surface area contributed by atoms with Crippen molar-refractivity contribution in [2.45, 2.75) is 16.5 Å². The first-order chi connectivity index (χ1) is 18.9. The molecule has 1 N–H and O–H groups in total. The number of nitrogens with zero attached hydrogens (tertiary/aromatic N) is 2. The van der Waals surface area contributed by atoms with Gasteiger partial charge in [0.2, 0.25) is 0 Å². The van der Waals surface area contributed by atoms with E-state index >= 15 is 0 Å². The summed E-state index contributed by atoms with van der Waals surface area (Å²) in [6, 6.07) is 12.5. The SMILES string of the molecule is COC(=O)CN(C)C(=O)C1N(S(=O)(=O)c2ccc(OC)c(OC)c2)c2ccc(Cl)cc2C1(O)c1ccccc1Cl. The fourth-order valence-corrected chi connectivity index (χ4v) is 6.82. The van der Waals surface area contributed by atoms with E-state index in [4.69, 9.17) is 32.7 Å². The van der Waals surface area contributed by atoms with Crippen molar-refractivity contribution in [1.29, 1.82) is 0 Å². The molecule has 0 radical (unpaired) electrons. The third kappa shape index (κ3) is 4.83. The van der Waals surface area contributed by atoms with Gasteiger partial charge in [0.15, 0.2) is 17.5 Å². The number of esters is 1. The second-order valence-corrected chi connectivity index (χ2v) is 11.6. The largest absolute Gasteiger partial charge is 0.493 e. The fraction of sp³-hybridized carbons (Fsp3) is 0.259. The number of aliphatic hydroxyl groups is 1. The van der Waals surface area contributed by atoms with E-state index in [9.17, 15) is 23.1 Å². The number of methoxy groups -OCH3 is 3. The molecule has 0 aromatic heterocycles. The molecular formula is C27H26Cl2N2O8S. The Morgan fingerprint density at radius 1 is 0.975 bits per heavy atom. The van der Waals surface area contributed by atoms with Crippen LogP contribution in [0.4, 0.5) is 5.69 Å². The zero-order valence-electron chi connectivity index (χ0n) is 21.9. The summed E-state index contributed by atoms with van der Waals surface area (Å²) < 4.78 is 44.8. The van der Waals surface area contributed by atoms with Gasteiger partial charge in [-0.05, 0) is 36.4 Å². The van der Waals surface area contributed by atoms with Crippen LogP contribution in [0.5, 0.6) is 11.5 Å². The standard InChI is InChI=1S/C27H26Cl2N2O8S/c1-30(15-24(32)39-4)26(33)25-27(34,18-7-5-6-8-20(18)29)19-13-16(28)9-11-21(19)31(25)40(35,36)17-10-12-22(37-2)23(14-17)38-3/h5-14,25,34H,15H2,1-4H3. The fourth-order valence-electron chi connectivity index (χ4n) is 4.71. The molecule has 0 saturated heterocycles. The molecule has 1 amide bonds. The number of fused-ring (bicyclic) bond motifs is 1. The Bertz CT molecular complexity index is 1580. The molecule has 0 saturated carbocycles. The Labute approximate surface area is 241 Å². The number of carbonyl (C=O) groups is 2. The number of hydrogen-bond donors (Lipinski definition) is 1. The summed E-state index contributed by atoms with van der Waals surface area (Å²) in [5.74, 6) is -1.23. The molecular weight excluding hydrogens is 583 g/mol. The summed E-state index contributed by atoms with van der Waals surface area (Å²) in [5, 5.41) is 12.8. The Balaban J connectivity index is 2.03. The van der Waals surface area contributed by atoms with E-state index in [2.05, 4.69) is 4.74 Å². The van der Waals surface area contributed by atoms with E-state index in [1.54, 1.807) is 12.1 Å². The summed E-state index contributed by atoms with van der Waals surface area (Å²) in [6.07, 6.45) is 0. The lowest BCUT2D eigenvalue weighted by Crippen LogP contribution is -2.57. The van der Waals surface area contributed by atoms with E-state index < -0.39 is 40.1 Å². The zero-order chi connectivity index (χ0) is 29.4. The number of anilines is 1. The van der Waals surface area contributed by atoms with Gasteiger partial charge in [-0.25, -0.2) is 12.7 Å². The quantitative estimate of drug-likeness (QED) is 0.386.